The fourth-order valence-corrected chi connectivity index (χ4v) is 1.44. The normalized spacial score (nSPS) is 9.69. The second kappa shape index (κ2) is 14.9. The molecule has 0 aliphatic carbocycles. The molecule has 0 aliphatic heterocycles. The Hall–Kier alpha value is 0.447. The first-order valence-corrected chi connectivity index (χ1v) is 6.48. The third kappa shape index (κ3) is 15.2. The Morgan fingerprint density at radius 1 is 0.846 bits per heavy atom. The van der Waals surface area contributed by atoms with Gasteiger partial charge in [0.2, 0.25) is 0 Å². The predicted molar refractivity (Wildman–Crippen MR) is 60.2 cm³/mol. The Morgan fingerprint density at radius 3 is 1.23 bits per heavy atom. The average molecular weight is 225 g/mol. The summed E-state index contributed by atoms with van der Waals surface area (Å²) in [5, 5.41) is 0. The Balaban J connectivity index is 0. The van der Waals surface area contributed by atoms with Crippen LogP contribution in [0.15, 0.2) is 0 Å². The van der Waals surface area contributed by atoms with Gasteiger partial charge in [-0.25, -0.2) is 0 Å². The minimum absolute atomic E-state index is 0.661. The van der Waals surface area contributed by atoms with Crippen LogP contribution in [0.4, 0.5) is 0 Å². The van der Waals surface area contributed by atoms with Crippen molar-refractivity contribution in [2.75, 3.05) is 25.6 Å². The molecular formula is C8H21O3SSi. The van der Waals surface area contributed by atoms with E-state index in [-0.39, 0.29) is 0 Å². The van der Waals surface area contributed by atoms with E-state index < -0.39 is 9.53 Å². The summed E-state index contributed by atoms with van der Waals surface area (Å²) < 4.78 is 15.5. The fraction of sp³-hybridized carbons (Fsp3) is 1.00. The number of hydrogen-bond acceptors (Lipinski definition) is 4. The van der Waals surface area contributed by atoms with E-state index in [0.29, 0.717) is 19.8 Å². The molecule has 0 saturated heterocycles. The summed E-state index contributed by atoms with van der Waals surface area (Å²) in [7, 11) is -1.40. The van der Waals surface area contributed by atoms with E-state index in [9.17, 15) is 0 Å². The van der Waals surface area contributed by atoms with Crippen molar-refractivity contribution in [3.63, 3.8) is 0 Å². The fourth-order valence-electron chi connectivity index (χ4n) is 0.479. The third-order valence-corrected chi connectivity index (χ3v) is 2.36. The predicted octanol–water partition coefficient (Wildman–Crippen LogP) is 2.02. The molecule has 0 spiro atoms. The molecule has 0 saturated carbocycles. The molecule has 0 rings (SSSR count). The van der Waals surface area contributed by atoms with Gasteiger partial charge in [0, 0.05) is 19.8 Å². The summed E-state index contributed by atoms with van der Waals surface area (Å²) in [6, 6.07) is 0. The van der Waals surface area contributed by atoms with E-state index in [4.69, 9.17) is 13.3 Å². The standard InChI is InChI=1S/C6H15O3Si.C2H6S/c1-4-7-10(8-5-2)9-6-3;1-2-3/h4-6H2,1-3H3;3H,2H2,1H3. The summed E-state index contributed by atoms with van der Waals surface area (Å²) in [6.45, 7) is 9.77. The zero-order chi connectivity index (χ0) is 10.5. The van der Waals surface area contributed by atoms with Crippen LogP contribution in [0.1, 0.15) is 27.7 Å². The molecule has 0 bridgehead atoms. The molecule has 0 aromatic heterocycles. The summed E-state index contributed by atoms with van der Waals surface area (Å²) in [5.41, 5.74) is 0. The van der Waals surface area contributed by atoms with E-state index in [2.05, 4.69) is 12.6 Å². The van der Waals surface area contributed by atoms with Crippen LogP contribution in [0.5, 0.6) is 0 Å². The molecule has 0 aromatic carbocycles. The van der Waals surface area contributed by atoms with Crippen molar-refractivity contribution < 1.29 is 13.3 Å². The highest BCUT2D eigenvalue weighted by Gasteiger charge is 2.15. The van der Waals surface area contributed by atoms with Crippen LogP contribution < -0.4 is 0 Å². The average Bonchev–Trinajstić information content (AvgIpc) is 2.07. The summed E-state index contributed by atoms with van der Waals surface area (Å²) >= 11 is 3.79. The minimum Gasteiger partial charge on any atom is -0.371 e. The smallest absolute Gasteiger partial charge is 0.371 e. The SMILES string of the molecule is CCO[Si](OCC)OCC.CCS. The van der Waals surface area contributed by atoms with E-state index in [1.807, 2.05) is 27.7 Å². The van der Waals surface area contributed by atoms with E-state index in [1.165, 1.54) is 0 Å². The molecule has 1 radical (unpaired) electrons. The van der Waals surface area contributed by atoms with Gasteiger partial charge in [0.05, 0.1) is 0 Å². The van der Waals surface area contributed by atoms with Crippen LogP contribution in [0.25, 0.3) is 0 Å². The molecule has 0 N–H and O–H groups in total. The van der Waals surface area contributed by atoms with Crippen LogP contribution in [0, 0.1) is 0 Å². The van der Waals surface area contributed by atoms with Crippen molar-refractivity contribution >= 4 is 22.2 Å². The second-order valence-corrected chi connectivity index (χ2v) is 3.86. The molecule has 81 valence electrons. The van der Waals surface area contributed by atoms with Crippen molar-refractivity contribution in [1.29, 1.82) is 0 Å². The summed E-state index contributed by atoms with van der Waals surface area (Å²) in [5.74, 6) is 0.944. The van der Waals surface area contributed by atoms with Crippen molar-refractivity contribution in [1.82, 2.24) is 0 Å². The lowest BCUT2D eigenvalue weighted by Gasteiger charge is -2.10. The molecule has 0 amide bonds. The molecule has 0 unspecified atom stereocenters. The minimum atomic E-state index is -1.40. The number of rotatable bonds is 6. The van der Waals surface area contributed by atoms with Crippen LogP contribution in [0.3, 0.4) is 0 Å². The van der Waals surface area contributed by atoms with E-state index >= 15 is 0 Å². The monoisotopic (exact) mass is 225 g/mol. The Morgan fingerprint density at radius 2 is 1.08 bits per heavy atom. The molecule has 0 aromatic rings. The molecule has 5 heteroatoms. The summed E-state index contributed by atoms with van der Waals surface area (Å²) in [6.07, 6.45) is 0. The number of thiol groups is 1. The first-order chi connectivity index (χ1) is 6.26. The molecule has 3 nitrogen and oxygen atoms in total. The second-order valence-electron chi connectivity index (χ2n) is 1.87. The van der Waals surface area contributed by atoms with Gasteiger partial charge < -0.3 is 13.3 Å². The van der Waals surface area contributed by atoms with Crippen LogP contribution in [-0.2, 0) is 13.3 Å². The van der Waals surface area contributed by atoms with Gasteiger partial charge >= 0.3 is 9.53 Å². The van der Waals surface area contributed by atoms with Gasteiger partial charge in [0.15, 0.2) is 0 Å². The Bertz CT molecular complexity index is 71.5. The van der Waals surface area contributed by atoms with Crippen LogP contribution >= 0.6 is 12.6 Å². The zero-order valence-electron chi connectivity index (χ0n) is 9.00. The molecular weight excluding hydrogens is 204 g/mol. The van der Waals surface area contributed by atoms with Crippen molar-refractivity contribution in [2.45, 2.75) is 27.7 Å². The quantitative estimate of drug-likeness (QED) is 0.553. The highest BCUT2D eigenvalue weighted by molar-refractivity contribution is 7.80. The van der Waals surface area contributed by atoms with Gasteiger partial charge in [-0.3, -0.25) is 0 Å². The van der Waals surface area contributed by atoms with Gasteiger partial charge in [0.1, 0.15) is 0 Å². The topological polar surface area (TPSA) is 27.7 Å². The lowest BCUT2D eigenvalue weighted by Crippen LogP contribution is -2.27. The third-order valence-electron chi connectivity index (χ3n) is 0.787. The first-order valence-electron chi connectivity index (χ1n) is 4.62. The van der Waals surface area contributed by atoms with Crippen molar-refractivity contribution in [3.8, 4) is 0 Å². The van der Waals surface area contributed by atoms with Crippen LogP contribution in [-0.4, -0.2) is 35.1 Å². The lowest BCUT2D eigenvalue weighted by molar-refractivity contribution is 0.107. The highest BCUT2D eigenvalue weighted by Crippen LogP contribution is 1.90. The molecule has 0 aliphatic rings. The van der Waals surface area contributed by atoms with Gasteiger partial charge in [-0.2, -0.15) is 12.6 Å². The van der Waals surface area contributed by atoms with Crippen molar-refractivity contribution in [3.05, 3.63) is 0 Å². The van der Waals surface area contributed by atoms with Crippen LogP contribution in [0.2, 0.25) is 0 Å². The maximum absolute atomic E-state index is 5.18. The van der Waals surface area contributed by atoms with E-state index in [1.54, 1.807) is 0 Å². The maximum atomic E-state index is 5.18. The van der Waals surface area contributed by atoms with Gasteiger partial charge in [0.25, 0.3) is 0 Å². The Labute approximate surface area is 89.1 Å². The molecule has 0 atom stereocenters. The van der Waals surface area contributed by atoms with E-state index in [0.717, 1.165) is 5.75 Å². The van der Waals surface area contributed by atoms with Gasteiger partial charge in [-0.15, -0.1) is 0 Å². The molecule has 0 fully saturated rings. The molecule has 0 heterocycles. The molecule has 13 heavy (non-hydrogen) atoms. The largest absolute Gasteiger partial charge is 0.577 e. The zero-order valence-corrected chi connectivity index (χ0v) is 10.9. The highest BCUT2D eigenvalue weighted by atomic mass is 32.1. The Kier molecular flexibility index (Phi) is 18.3. The summed E-state index contributed by atoms with van der Waals surface area (Å²) in [4.78, 5) is 0. The number of hydrogen-bond donors (Lipinski definition) is 1. The van der Waals surface area contributed by atoms with Crippen molar-refractivity contribution in [2.24, 2.45) is 0 Å². The van der Waals surface area contributed by atoms with Gasteiger partial charge in [-0.1, -0.05) is 6.92 Å². The van der Waals surface area contributed by atoms with Gasteiger partial charge in [-0.05, 0) is 26.5 Å². The maximum Gasteiger partial charge on any atom is 0.577 e. The lowest BCUT2D eigenvalue weighted by atomic mass is 10.9. The first kappa shape index (κ1) is 15.9.